The maximum Gasteiger partial charge on any atom is 0.257 e. The molecule has 1 amide bonds. The highest BCUT2D eigenvalue weighted by molar-refractivity contribution is 9.10. The fraction of sp³-hybridized carbons (Fsp3) is 0.100. The number of amides is 1. The first-order chi connectivity index (χ1) is 13.7. The van der Waals surface area contributed by atoms with Gasteiger partial charge in [0, 0.05) is 27.5 Å². The summed E-state index contributed by atoms with van der Waals surface area (Å²) < 4.78 is 2.79. The van der Waals surface area contributed by atoms with Crippen LogP contribution in [-0.2, 0) is 13.0 Å². The van der Waals surface area contributed by atoms with Crippen molar-refractivity contribution in [2.24, 2.45) is 0 Å². The molecule has 2 aromatic carbocycles. The van der Waals surface area contributed by atoms with Crippen molar-refractivity contribution in [3.8, 4) is 0 Å². The summed E-state index contributed by atoms with van der Waals surface area (Å²) in [5.74, 6) is -0.170. The molecule has 0 bridgehead atoms. The SMILES string of the molecule is O=C(Nc1ncc(Cc2ccc(Br)cc2)s1)c1ccc(Cn2cncn2)cc1. The van der Waals surface area contributed by atoms with Gasteiger partial charge in [-0.3, -0.25) is 10.1 Å². The van der Waals surface area contributed by atoms with Gasteiger partial charge in [-0.2, -0.15) is 5.10 Å². The van der Waals surface area contributed by atoms with Crippen LogP contribution < -0.4 is 5.32 Å². The Kier molecular flexibility index (Phi) is 5.59. The van der Waals surface area contributed by atoms with Gasteiger partial charge >= 0.3 is 0 Å². The molecule has 0 atom stereocenters. The molecule has 2 aromatic heterocycles. The molecule has 0 unspecified atom stereocenters. The van der Waals surface area contributed by atoms with Crippen LogP contribution in [0.2, 0.25) is 0 Å². The molecule has 8 heteroatoms. The standard InChI is InChI=1S/C20H16BrN5OS/c21-17-7-3-14(4-8-17)9-18-10-23-20(28-18)25-19(27)16-5-1-15(2-6-16)11-26-13-22-12-24-26/h1-8,10,12-13H,9,11H2,(H,23,25,27). The van der Waals surface area contributed by atoms with E-state index in [0.717, 1.165) is 21.3 Å². The van der Waals surface area contributed by atoms with Crippen LogP contribution in [0.5, 0.6) is 0 Å². The average molecular weight is 454 g/mol. The number of rotatable bonds is 6. The van der Waals surface area contributed by atoms with Crippen LogP contribution in [0, 0.1) is 0 Å². The molecular formula is C20H16BrN5OS. The molecule has 28 heavy (non-hydrogen) atoms. The first-order valence-corrected chi connectivity index (χ1v) is 10.2. The third-order valence-corrected chi connectivity index (χ3v) is 5.53. The molecule has 0 saturated heterocycles. The molecule has 0 aliphatic carbocycles. The molecule has 0 radical (unpaired) electrons. The van der Waals surface area contributed by atoms with E-state index in [-0.39, 0.29) is 5.91 Å². The Morgan fingerprint density at radius 2 is 1.82 bits per heavy atom. The molecule has 0 saturated carbocycles. The molecule has 1 N–H and O–H groups in total. The molecule has 0 aliphatic heterocycles. The molecule has 140 valence electrons. The Hall–Kier alpha value is -2.84. The lowest BCUT2D eigenvalue weighted by molar-refractivity contribution is 0.102. The maximum atomic E-state index is 12.5. The van der Waals surface area contributed by atoms with Crippen LogP contribution in [0.15, 0.2) is 71.9 Å². The molecule has 2 heterocycles. The number of hydrogen-bond donors (Lipinski definition) is 1. The fourth-order valence-electron chi connectivity index (χ4n) is 2.68. The molecule has 6 nitrogen and oxygen atoms in total. The quantitative estimate of drug-likeness (QED) is 0.469. The van der Waals surface area contributed by atoms with Gasteiger partial charge in [0.25, 0.3) is 5.91 Å². The van der Waals surface area contributed by atoms with Crippen molar-refractivity contribution in [2.45, 2.75) is 13.0 Å². The Morgan fingerprint density at radius 3 is 2.54 bits per heavy atom. The van der Waals surface area contributed by atoms with Gasteiger partial charge in [0.05, 0.1) is 6.54 Å². The second-order valence-electron chi connectivity index (χ2n) is 6.18. The van der Waals surface area contributed by atoms with Gasteiger partial charge in [-0.25, -0.2) is 14.6 Å². The molecule has 0 aliphatic rings. The third kappa shape index (κ3) is 4.71. The van der Waals surface area contributed by atoms with Gasteiger partial charge < -0.3 is 0 Å². The van der Waals surface area contributed by atoms with Crippen LogP contribution in [-0.4, -0.2) is 25.7 Å². The largest absolute Gasteiger partial charge is 0.298 e. The number of anilines is 1. The number of carbonyl (C=O) groups is 1. The minimum atomic E-state index is -0.170. The normalized spacial score (nSPS) is 10.8. The smallest absolute Gasteiger partial charge is 0.257 e. The minimum absolute atomic E-state index is 0.170. The lowest BCUT2D eigenvalue weighted by Crippen LogP contribution is -2.11. The van der Waals surface area contributed by atoms with E-state index in [1.165, 1.54) is 23.2 Å². The third-order valence-electron chi connectivity index (χ3n) is 4.09. The van der Waals surface area contributed by atoms with Crippen LogP contribution in [0.3, 0.4) is 0 Å². The number of nitrogens with one attached hydrogen (secondary N) is 1. The fourth-order valence-corrected chi connectivity index (χ4v) is 3.79. The highest BCUT2D eigenvalue weighted by atomic mass is 79.9. The Bertz CT molecular complexity index is 1060. The Balaban J connectivity index is 1.37. The molecular weight excluding hydrogens is 438 g/mol. The lowest BCUT2D eigenvalue weighted by Gasteiger charge is -2.04. The van der Waals surface area contributed by atoms with E-state index in [0.29, 0.717) is 17.2 Å². The van der Waals surface area contributed by atoms with Crippen LogP contribution in [0.4, 0.5) is 5.13 Å². The van der Waals surface area contributed by atoms with Crippen molar-refractivity contribution in [1.29, 1.82) is 0 Å². The zero-order chi connectivity index (χ0) is 19.3. The summed E-state index contributed by atoms with van der Waals surface area (Å²) in [7, 11) is 0. The summed E-state index contributed by atoms with van der Waals surface area (Å²) in [4.78, 5) is 21.8. The number of nitrogens with zero attached hydrogens (tertiary/aromatic N) is 4. The summed E-state index contributed by atoms with van der Waals surface area (Å²) in [5.41, 5.74) is 2.84. The highest BCUT2D eigenvalue weighted by Crippen LogP contribution is 2.22. The predicted octanol–water partition coefficient (Wildman–Crippen LogP) is 4.39. The topological polar surface area (TPSA) is 72.7 Å². The molecule has 0 spiro atoms. The number of benzene rings is 2. The monoisotopic (exact) mass is 453 g/mol. The lowest BCUT2D eigenvalue weighted by atomic mass is 10.1. The van der Waals surface area contributed by atoms with Gasteiger partial charge in [0.2, 0.25) is 0 Å². The van der Waals surface area contributed by atoms with E-state index >= 15 is 0 Å². The van der Waals surface area contributed by atoms with Crippen molar-refractivity contribution >= 4 is 38.3 Å². The first kappa shape index (κ1) is 18.5. The number of aromatic nitrogens is 4. The zero-order valence-electron chi connectivity index (χ0n) is 14.7. The Morgan fingerprint density at radius 1 is 1.07 bits per heavy atom. The van der Waals surface area contributed by atoms with Crippen molar-refractivity contribution < 1.29 is 4.79 Å². The van der Waals surface area contributed by atoms with E-state index in [1.54, 1.807) is 23.1 Å². The van der Waals surface area contributed by atoms with E-state index in [1.807, 2.05) is 30.5 Å². The number of halogens is 1. The van der Waals surface area contributed by atoms with Crippen molar-refractivity contribution in [3.63, 3.8) is 0 Å². The second kappa shape index (κ2) is 8.45. The second-order valence-corrected chi connectivity index (χ2v) is 8.21. The van der Waals surface area contributed by atoms with E-state index in [9.17, 15) is 4.79 Å². The number of hydrogen-bond acceptors (Lipinski definition) is 5. The van der Waals surface area contributed by atoms with E-state index in [2.05, 4.69) is 48.4 Å². The van der Waals surface area contributed by atoms with Crippen molar-refractivity contribution in [3.05, 3.63) is 93.4 Å². The molecule has 0 fully saturated rings. The molecule has 4 aromatic rings. The highest BCUT2D eigenvalue weighted by Gasteiger charge is 2.10. The van der Waals surface area contributed by atoms with Gasteiger partial charge in [0.15, 0.2) is 5.13 Å². The predicted molar refractivity (Wildman–Crippen MR) is 113 cm³/mol. The van der Waals surface area contributed by atoms with Gasteiger partial charge in [-0.15, -0.1) is 11.3 Å². The van der Waals surface area contributed by atoms with Gasteiger partial charge in [0.1, 0.15) is 12.7 Å². The molecule has 4 rings (SSSR count). The Labute approximate surface area is 174 Å². The zero-order valence-corrected chi connectivity index (χ0v) is 17.2. The number of carbonyl (C=O) groups excluding carboxylic acids is 1. The average Bonchev–Trinajstić information content (AvgIpc) is 3.36. The maximum absolute atomic E-state index is 12.5. The minimum Gasteiger partial charge on any atom is -0.298 e. The number of thiazole rings is 1. The summed E-state index contributed by atoms with van der Waals surface area (Å²) >= 11 is 4.93. The van der Waals surface area contributed by atoms with Gasteiger partial charge in [-0.1, -0.05) is 40.2 Å². The van der Waals surface area contributed by atoms with E-state index in [4.69, 9.17) is 0 Å². The van der Waals surface area contributed by atoms with Crippen LogP contribution >= 0.6 is 27.3 Å². The van der Waals surface area contributed by atoms with Gasteiger partial charge in [-0.05, 0) is 35.4 Å². The summed E-state index contributed by atoms with van der Waals surface area (Å²) in [6, 6.07) is 15.6. The summed E-state index contributed by atoms with van der Waals surface area (Å²) in [6.45, 7) is 0.619. The summed E-state index contributed by atoms with van der Waals surface area (Å²) in [5, 5.41) is 7.55. The summed E-state index contributed by atoms with van der Waals surface area (Å²) in [6.07, 6.45) is 5.76. The van der Waals surface area contributed by atoms with Crippen LogP contribution in [0.25, 0.3) is 0 Å². The van der Waals surface area contributed by atoms with E-state index < -0.39 is 0 Å². The first-order valence-electron chi connectivity index (χ1n) is 8.57. The van der Waals surface area contributed by atoms with Crippen molar-refractivity contribution in [1.82, 2.24) is 19.7 Å². The van der Waals surface area contributed by atoms with Crippen LogP contribution in [0.1, 0.15) is 26.4 Å². The van der Waals surface area contributed by atoms with Crippen molar-refractivity contribution in [2.75, 3.05) is 5.32 Å².